The van der Waals surface area contributed by atoms with Gasteiger partial charge in [0, 0.05) is 6.42 Å². The number of likely N-dealkylation sites (N-methyl/N-ethyl adjacent to an activating group) is 1. The molecule has 9 heteroatoms. The highest BCUT2D eigenvalue weighted by Crippen LogP contribution is 2.38. The highest BCUT2D eigenvalue weighted by Gasteiger charge is 2.23. The highest BCUT2D eigenvalue weighted by molar-refractivity contribution is 7.45. The fourth-order valence-corrected chi connectivity index (χ4v) is 7.23. The summed E-state index contributed by atoms with van der Waals surface area (Å²) in [5, 5.41) is 13.8. The summed E-state index contributed by atoms with van der Waals surface area (Å²) in [7, 11) is 1.24. The second-order valence-electron chi connectivity index (χ2n) is 17.4. The van der Waals surface area contributed by atoms with Crippen LogP contribution >= 0.6 is 7.82 Å². The van der Waals surface area contributed by atoms with Crippen LogP contribution in [0.1, 0.15) is 187 Å². The molecule has 0 aliphatic carbocycles. The van der Waals surface area contributed by atoms with E-state index in [0.717, 1.165) is 89.9 Å². The molecule has 0 saturated carbocycles. The average Bonchev–Trinajstić information content (AvgIpc) is 3.21. The van der Waals surface area contributed by atoms with Crippen molar-refractivity contribution in [2.24, 2.45) is 0 Å². The first-order chi connectivity index (χ1) is 29.5. The Labute approximate surface area is 376 Å². The van der Waals surface area contributed by atoms with E-state index in [-0.39, 0.29) is 19.1 Å². The third kappa shape index (κ3) is 45.5. The standard InChI is InChI=1S/C52H93N2O6P/c1-6-8-10-12-14-16-18-20-21-22-23-24-25-26-27-28-29-30-31-32-33-34-36-38-40-42-44-46-52(56)53-50(49-60-61(57,58)59-48-47-54(3,4)5)51(55)45-43-41-39-37-35-19-17-15-13-11-9-7-2/h8,10,14,16,20-21,23-24,26-27,29-30,43,45,50-51,55H,6-7,9,11-13,15,17-19,22,25,28,31-42,44,46-49H2,1-5H3,(H-,53,56,57,58)/b10-8-,16-14-,21-20-,24-23-,27-26-,30-29-,45-43+. The molecule has 1 amide bonds. The molecular weight excluding hydrogens is 780 g/mol. The third-order valence-electron chi connectivity index (χ3n) is 10.4. The second kappa shape index (κ2) is 43.0. The summed E-state index contributed by atoms with van der Waals surface area (Å²) in [6, 6.07) is -0.895. The largest absolute Gasteiger partial charge is 0.756 e. The molecule has 0 bridgehead atoms. The van der Waals surface area contributed by atoms with Crippen molar-refractivity contribution >= 4 is 13.7 Å². The first-order valence-electron chi connectivity index (χ1n) is 24.4. The Hall–Kier alpha value is -2.32. The summed E-state index contributed by atoms with van der Waals surface area (Å²) in [6.07, 6.45) is 59.2. The molecule has 3 atom stereocenters. The summed E-state index contributed by atoms with van der Waals surface area (Å²) in [5.74, 6) is -0.211. The van der Waals surface area contributed by atoms with Crippen molar-refractivity contribution < 1.29 is 32.9 Å². The van der Waals surface area contributed by atoms with Gasteiger partial charge < -0.3 is 28.8 Å². The molecule has 0 aromatic carbocycles. The Balaban J connectivity index is 4.28. The first kappa shape index (κ1) is 58.7. The van der Waals surface area contributed by atoms with Crippen LogP contribution in [0.2, 0.25) is 0 Å². The maximum absolute atomic E-state index is 12.9. The molecule has 0 rings (SSSR count). The van der Waals surface area contributed by atoms with E-state index >= 15 is 0 Å². The molecule has 0 radical (unpaired) electrons. The third-order valence-corrected chi connectivity index (χ3v) is 11.3. The maximum atomic E-state index is 12.9. The molecule has 0 aliphatic heterocycles. The minimum atomic E-state index is -4.59. The Kier molecular flexibility index (Phi) is 41.3. The predicted molar refractivity (Wildman–Crippen MR) is 260 cm³/mol. The number of quaternary nitrogens is 1. The topological polar surface area (TPSA) is 108 Å². The number of phosphoric acid groups is 1. The normalized spacial score (nSPS) is 14.9. The van der Waals surface area contributed by atoms with Crippen LogP contribution in [0.25, 0.3) is 0 Å². The molecule has 0 saturated heterocycles. The van der Waals surface area contributed by atoms with Crippen LogP contribution in [0.5, 0.6) is 0 Å². The van der Waals surface area contributed by atoms with Gasteiger partial charge in [-0.15, -0.1) is 0 Å². The Morgan fingerprint density at radius 2 is 1.00 bits per heavy atom. The SMILES string of the molecule is CC/C=C\C/C=C\C/C=C\C/C=C\C/C=C\C/C=C\CCCCCCCCCCC(=O)NC(COP(=O)([O-])OCC[N+](C)(C)C)C(O)/C=C/CCCCCCCCCCCC. The van der Waals surface area contributed by atoms with Crippen molar-refractivity contribution in [1.29, 1.82) is 0 Å². The number of carbonyl (C=O) groups excluding carboxylic acids is 1. The number of unbranched alkanes of at least 4 members (excludes halogenated alkanes) is 18. The second-order valence-corrected chi connectivity index (χ2v) is 18.8. The van der Waals surface area contributed by atoms with Crippen molar-refractivity contribution in [2.45, 2.75) is 199 Å². The minimum absolute atomic E-state index is 0.00700. The van der Waals surface area contributed by atoms with Crippen LogP contribution in [-0.4, -0.2) is 68.5 Å². The Morgan fingerprint density at radius 1 is 0.590 bits per heavy atom. The zero-order valence-electron chi connectivity index (χ0n) is 39.8. The van der Waals surface area contributed by atoms with Crippen LogP contribution in [0.15, 0.2) is 85.1 Å². The molecule has 0 aromatic heterocycles. The lowest BCUT2D eigenvalue weighted by molar-refractivity contribution is -0.870. The summed E-state index contributed by atoms with van der Waals surface area (Å²) in [6.45, 7) is 4.50. The lowest BCUT2D eigenvalue weighted by atomic mass is 10.0. The molecule has 3 unspecified atom stereocenters. The number of phosphoric ester groups is 1. The van der Waals surface area contributed by atoms with E-state index in [1.807, 2.05) is 27.2 Å². The number of hydrogen-bond acceptors (Lipinski definition) is 6. The summed E-state index contributed by atoms with van der Waals surface area (Å²) in [4.78, 5) is 25.3. The van der Waals surface area contributed by atoms with Crippen molar-refractivity contribution in [3.05, 3.63) is 85.1 Å². The summed E-state index contributed by atoms with van der Waals surface area (Å²) >= 11 is 0. The number of hydrogen-bond donors (Lipinski definition) is 2. The number of amides is 1. The zero-order valence-corrected chi connectivity index (χ0v) is 40.7. The first-order valence-corrected chi connectivity index (χ1v) is 25.9. The van der Waals surface area contributed by atoms with Crippen molar-refractivity contribution in [3.63, 3.8) is 0 Å². The number of allylic oxidation sites excluding steroid dienone is 13. The van der Waals surface area contributed by atoms with E-state index in [0.29, 0.717) is 17.4 Å². The fraction of sp³-hybridized carbons (Fsp3) is 0.712. The summed E-state index contributed by atoms with van der Waals surface area (Å²) < 4.78 is 23.2. The number of nitrogens with zero attached hydrogens (tertiary/aromatic N) is 1. The van der Waals surface area contributed by atoms with Crippen molar-refractivity contribution in [2.75, 3.05) is 40.9 Å². The Bertz CT molecular complexity index is 1260. The van der Waals surface area contributed by atoms with E-state index in [1.165, 1.54) is 77.0 Å². The van der Waals surface area contributed by atoms with Gasteiger partial charge in [0.05, 0.1) is 39.9 Å². The van der Waals surface area contributed by atoms with E-state index in [2.05, 4.69) is 92.1 Å². The van der Waals surface area contributed by atoms with Crippen LogP contribution < -0.4 is 10.2 Å². The molecule has 61 heavy (non-hydrogen) atoms. The van der Waals surface area contributed by atoms with E-state index < -0.39 is 20.0 Å². The highest BCUT2D eigenvalue weighted by atomic mass is 31.2. The summed E-state index contributed by atoms with van der Waals surface area (Å²) in [5.41, 5.74) is 0. The molecule has 8 nitrogen and oxygen atoms in total. The lowest BCUT2D eigenvalue weighted by Crippen LogP contribution is -2.45. The van der Waals surface area contributed by atoms with Crippen LogP contribution in [-0.2, 0) is 18.4 Å². The van der Waals surface area contributed by atoms with E-state index in [9.17, 15) is 19.4 Å². The van der Waals surface area contributed by atoms with Crippen LogP contribution in [0.4, 0.5) is 0 Å². The molecule has 0 aromatic rings. The van der Waals surface area contributed by atoms with Crippen LogP contribution in [0, 0.1) is 0 Å². The molecule has 2 N–H and O–H groups in total. The van der Waals surface area contributed by atoms with Gasteiger partial charge in [-0.1, -0.05) is 195 Å². The molecule has 0 spiro atoms. The molecular formula is C52H93N2O6P. The zero-order chi connectivity index (χ0) is 45.0. The van der Waals surface area contributed by atoms with Gasteiger partial charge >= 0.3 is 0 Å². The molecule has 0 heterocycles. The maximum Gasteiger partial charge on any atom is 0.268 e. The van der Waals surface area contributed by atoms with Crippen molar-refractivity contribution in [1.82, 2.24) is 5.32 Å². The fourth-order valence-electron chi connectivity index (χ4n) is 6.51. The van der Waals surface area contributed by atoms with E-state index in [4.69, 9.17) is 9.05 Å². The molecule has 352 valence electrons. The van der Waals surface area contributed by atoms with Crippen molar-refractivity contribution in [3.8, 4) is 0 Å². The smallest absolute Gasteiger partial charge is 0.268 e. The lowest BCUT2D eigenvalue weighted by Gasteiger charge is -2.29. The van der Waals surface area contributed by atoms with E-state index in [1.54, 1.807) is 6.08 Å². The van der Waals surface area contributed by atoms with Gasteiger partial charge in [-0.2, -0.15) is 0 Å². The van der Waals surface area contributed by atoms with Gasteiger partial charge in [-0.05, 0) is 70.6 Å². The Morgan fingerprint density at radius 3 is 1.46 bits per heavy atom. The number of rotatable bonds is 43. The monoisotopic (exact) mass is 873 g/mol. The molecule has 0 fully saturated rings. The van der Waals surface area contributed by atoms with Gasteiger partial charge in [0.2, 0.25) is 5.91 Å². The number of carbonyl (C=O) groups is 1. The van der Waals surface area contributed by atoms with Gasteiger partial charge in [-0.3, -0.25) is 9.36 Å². The number of nitrogens with one attached hydrogen (secondary N) is 1. The number of aliphatic hydroxyl groups is 1. The number of aliphatic hydroxyl groups excluding tert-OH is 1. The van der Waals surface area contributed by atoms with Gasteiger partial charge in [0.15, 0.2) is 0 Å². The van der Waals surface area contributed by atoms with Crippen LogP contribution in [0.3, 0.4) is 0 Å². The quantitative estimate of drug-likeness (QED) is 0.0273. The minimum Gasteiger partial charge on any atom is -0.756 e. The molecule has 0 aliphatic rings. The van der Waals surface area contributed by atoms with Gasteiger partial charge in [-0.25, -0.2) is 0 Å². The van der Waals surface area contributed by atoms with Gasteiger partial charge in [0.25, 0.3) is 7.82 Å². The predicted octanol–water partition coefficient (Wildman–Crippen LogP) is 13.5. The van der Waals surface area contributed by atoms with Gasteiger partial charge in [0.1, 0.15) is 13.2 Å². The average molecular weight is 873 g/mol.